The number of carboxylic acid groups (broad SMARTS) is 2. The highest BCUT2D eigenvalue weighted by Gasteiger charge is 2.17. The third-order valence-electron chi connectivity index (χ3n) is 3.72. The van der Waals surface area contributed by atoms with E-state index in [1.165, 1.54) is 30.3 Å². The molecule has 0 saturated heterocycles. The lowest BCUT2D eigenvalue weighted by Gasteiger charge is -2.09. The van der Waals surface area contributed by atoms with E-state index >= 15 is 0 Å². The second-order valence-electron chi connectivity index (χ2n) is 5.46. The molecule has 0 aliphatic carbocycles. The van der Waals surface area contributed by atoms with E-state index < -0.39 is 17.9 Å². The highest BCUT2D eigenvalue weighted by molar-refractivity contribution is 6.00. The lowest BCUT2D eigenvalue weighted by Crippen LogP contribution is -2.11. The molecule has 3 N–H and O–H groups in total. The minimum atomic E-state index is -1.30. The van der Waals surface area contributed by atoms with Crippen molar-refractivity contribution >= 4 is 28.7 Å². The summed E-state index contributed by atoms with van der Waals surface area (Å²) in [5, 5.41) is 28.9. The van der Waals surface area contributed by atoms with E-state index in [0.717, 1.165) is 12.1 Å². The van der Waals surface area contributed by atoms with Gasteiger partial charge in [-0.1, -0.05) is 12.1 Å². The molecule has 0 radical (unpaired) electrons. The fraction of sp³-hybridized carbons (Fsp3) is 0. The summed E-state index contributed by atoms with van der Waals surface area (Å²) >= 11 is 0. The Bertz CT molecular complexity index is 1050. The minimum absolute atomic E-state index is 0.124. The molecule has 0 heterocycles. The SMILES string of the molecule is O=C(O)c1ccc2cc(C(=O)Oc3cc(O)ccc3C(=O)O)ccc2c1. The van der Waals surface area contributed by atoms with Gasteiger partial charge in [-0.15, -0.1) is 0 Å². The van der Waals surface area contributed by atoms with Crippen molar-refractivity contribution in [2.24, 2.45) is 0 Å². The van der Waals surface area contributed by atoms with E-state index in [0.29, 0.717) is 10.8 Å². The molecule has 3 rings (SSSR count). The Morgan fingerprint density at radius 2 is 1.35 bits per heavy atom. The van der Waals surface area contributed by atoms with Crippen LogP contribution in [0, 0.1) is 0 Å². The van der Waals surface area contributed by atoms with Crippen molar-refractivity contribution in [1.82, 2.24) is 0 Å². The number of ether oxygens (including phenoxy) is 1. The summed E-state index contributed by atoms with van der Waals surface area (Å²) in [6.07, 6.45) is 0. The van der Waals surface area contributed by atoms with Crippen molar-refractivity contribution in [1.29, 1.82) is 0 Å². The van der Waals surface area contributed by atoms with Crippen LogP contribution in [0.2, 0.25) is 0 Å². The second kappa shape index (κ2) is 6.56. The number of carbonyl (C=O) groups excluding carboxylic acids is 1. The molecule has 0 amide bonds. The van der Waals surface area contributed by atoms with Crippen LogP contribution in [-0.4, -0.2) is 33.2 Å². The molecule has 130 valence electrons. The number of hydrogen-bond acceptors (Lipinski definition) is 5. The fourth-order valence-corrected chi connectivity index (χ4v) is 2.44. The van der Waals surface area contributed by atoms with Gasteiger partial charge in [-0.2, -0.15) is 0 Å². The summed E-state index contributed by atoms with van der Waals surface area (Å²) in [4.78, 5) is 34.5. The van der Waals surface area contributed by atoms with E-state index in [2.05, 4.69) is 0 Å². The highest BCUT2D eigenvalue weighted by atomic mass is 16.5. The summed E-state index contributed by atoms with van der Waals surface area (Å²) in [5.74, 6) is -3.67. The molecule has 26 heavy (non-hydrogen) atoms. The third kappa shape index (κ3) is 3.32. The average molecular weight is 352 g/mol. The van der Waals surface area contributed by atoms with Gasteiger partial charge >= 0.3 is 17.9 Å². The number of phenolic OH excluding ortho intramolecular Hbond substituents is 1. The highest BCUT2D eigenvalue weighted by Crippen LogP contribution is 2.26. The van der Waals surface area contributed by atoms with Gasteiger partial charge in [-0.25, -0.2) is 14.4 Å². The third-order valence-corrected chi connectivity index (χ3v) is 3.72. The number of rotatable bonds is 4. The minimum Gasteiger partial charge on any atom is -0.508 e. The van der Waals surface area contributed by atoms with Crippen LogP contribution in [0.5, 0.6) is 11.5 Å². The standard InChI is InChI=1S/C19H12O7/c20-14-5-6-15(18(23)24)16(9-14)26-19(25)13-4-2-10-7-12(17(21)22)3-1-11(10)8-13/h1-9,20H,(H,21,22)(H,23,24). The summed E-state index contributed by atoms with van der Waals surface area (Å²) in [7, 11) is 0. The van der Waals surface area contributed by atoms with Gasteiger partial charge in [-0.3, -0.25) is 0 Å². The Morgan fingerprint density at radius 1 is 0.731 bits per heavy atom. The Balaban J connectivity index is 1.93. The molecule has 0 fully saturated rings. The summed E-state index contributed by atoms with van der Waals surface area (Å²) < 4.78 is 5.11. The number of carbonyl (C=O) groups is 3. The Hall–Kier alpha value is -3.87. The Morgan fingerprint density at radius 3 is 1.96 bits per heavy atom. The van der Waals surface area contributed by atoms with Gasteiger partial charge in [-0.05, 0) is 47.2 Å². The van der Waals surface area contributed by atoms with Gasteiger partial charge < -0.3 is 20.1 Å². The first-order valence-corrected chi connectivity index (χ1v) is 7.41. The van der Waals surface area contributed by atoms with Crippen molar-refractivity contribution in [3.8, 4) is 11.5 Å². The van der Waals surface area contributed by atoms with Gasteiger partial charge in [0.15, 0.2) is 0 Å². The number of aromatic hydroxyl groups is 1. The monoisotopic (exact) mass is 352 g/mol. The predicted octanol–water partition coefficient (Wildman–Crippen LogP) is 3.16. The van der Waals surface area contributed by atoms with Gasteiger partial charge in [0.2, 0.25) is 0 Å². The van der Waals surface area contributed by atoms with E-state index in [1.807, 2.05) is 0 Å². The quantitative estimate of drug-likeness (QED) is 0.487. The molecule has 0 saturated carbocycles. The summed E-state index contributed by atoms with van der Waals surface area (Å²) in [5.41, 5.74) is 0.0157. The predicted molar refractivity (Wildman–Crippen MR) is 90.9 cm³/mol. The molecular weight excluding hydrogens is 340 g/mol. The van der Waals surface area contributed by atoms with Crippen molar-refractivity contribution in [2.75, 3.05) is 0 Å². The molecule has 3 aromatic rings. The van der Waals surface area contributed by atoms with E-state index in [4.69, 9.17) is 14.9 Å². The van der Waals surface area contributed by atoms with Gasteiger partial charge in [0.1, 0.15) is 17.1 Å². The molecule has 0 aliphatic rings. The van der Waals surface area contributed by atoms with Crippen molar-refractivity contribution in [3.63, 3.8) is 0 Å². The molecule has 0 atom stereocenters. The molecule has 7 heteroatoms. The number of hydrogen-bond donors (Lipinski definition) is 3. The first-order valence-electron chi connectivity index (χ1n) is 7.41. The smallest absolute Gasteiger partial charge is 0.343 e. The maximum absolute atomic E-state index is 12.3. The molecule has 3 aromatic carbocycles. The number of aromatic carboxylic acids is 2. The zero-order valence-electron chi connectivity index (χ0n) is 13.2. The number of esters is 1. The van der Waals surface area contributed by atoms with Crippen LogP contribution in [0.1, 0.15) is 31.1 Å². The van der Waals surface area contributed by atoms with E-state index in [9.17, 15) is 19.5 Å². The van der Waals surface area contributed by atoms with Crippen molar-refractivity contribution in [3.05, 3.63) is 71.3 Å². The van der Waals surface area contributed by atoms with Gasteiger partial charge in [0.25, 0.3) is 0 Å². The van der Waals surface area contributed by atoms with Crippen LogP contribution in [0.15, 0.2) is 54.6 Å². The fourth-order valence-electron chi connectivity index (χ4n) is 2.44. The Kier molecular flexibility index (Phi) is 4.28. The molecule has 0 aromatic heterocycles. The van der Waals surface area contributed by atoms with Crippen molar-refractivity contribution < 1.29 is 34.4 Å². The van der Waals surface area contributed by atoms with Crippen LogP contribution in [-0.2, 0) is 0 Å². The van der Waals surface area contributed by atoms with Crippen LogP contribution >= 0.6 is 0 Å². The van der Waals surface area contributed by atoms with Crippen molar-refractivity contribution in [2.45, 2.75) is 0 Å². The van der Waals surface area contributed by atoms with Gasteiger partial charge in [0, 0.05) is 6.07 Å². The van der Waals surface area contributed by atoms with Crippen LogP contribution < -0.4 is 4.74 Å². The molecule has 7 nitrogen and oxygen atoms in total. The molecule has 0 aliphatic heterocycles. The molecule has 0 unspecified atom stereocenters. The number of benzene rings is 3. The van der Waals surface area contributed by atoms with Crippen LogP contribution in [0.3, 0.4) is 0 Å². The lowest BCUT2D eigenvalue weighted by molar-refractivity contribution is 0.0672. The van der Waals surface area contributed by atoms with E-state index in [-0.39, 0.29) is 28.2 Å². The number of phenols is 1. The normalized spacial score (nSPS) is 10.5. The zero-order valence-corrected chi connectivity index (χ0v) is 13.2. The topological polar surface area (TPSA) is 121 Å². The second-order valence-corrected chi connectivity index (χ2v) is 5.46. The first-order chi connectivity index (χ1) is 12.3. The zero-order chi connectivity index (χ0) is 18.8. The molecular formula is C19H12O7. The number of fused-ring (bicyclic) bond motifs is 1. The largest absolute Gasteiger partial charge is 0.508 e. The van der Waals surface area contributed by atoms with Crippen LogP contribution in [0.4, 0.5) is 0 Å². The maximum atomic E-state index is 12.3. The van der Waals surface area contributed by atoms with Gasteiger partial charge in [0.05, 0.1) is 11.1 Å². The molecule has 0 spiro atoms. The maximum Gasteiger partial charge on any atom is 0.343 e. The lowest BCUT2D eigenvalue weighted by atomic mass is 10.0. The summed E-state index contributed by atoms with van der Waals surface area (Å²) in [6.45, 7) is 0. The number of carboxylic acids is 2. The van der Waals surface area contributed by atoms with Crippen LogP contribution in [0.25, 0.3) is 10.8 Å². The van der Waals surface area contributed by atoms with E-state index in [1.54, 1.807) is 12.1 Å². The average Bonchev–Trinajstić information content (AvgIpc) is 2.60. The Labute approximate surface area is 146 Å². The first kappa shape index (κ1) is 17.0. The summed E-state index contributed by atoms with van der Waals surface area (Å²) in [6, 6.07) is 12.3. The molecule has 0 bridgehead atoms.